The summed E-state index contributed by atoms with van der Waals surface area (Å²) in [4.78, 5) is 27.0. The molecular formula is C25H28O3. The lowest BCUT2D eigenvalue weighted by Gasteiger charge is -2.54. The zero-order valence-electron chi connectivity index (χ0n) is 17.1. The molecule has 1 aromatic carbocycles. The fourth-order valence-corrected chi connectivity index (χ4v) is 5.01. The first-order chi connectivity index (χ1) is 13.1. The molecule has 0 heterocycles. The molecule has 0 amide bonds. The Hall–Kier alpha value is -2.68. The number of ketones is 2. The summed E-state index contributed by atoms with van der Waals surface area (Å²) in [6.45, 7) is 14.9. The summed E-state index contributed by atoms with van der Waals surface area (Å²) < 4.78 is 0. The van der Waals surface area contributed by atoms with E-state index in [2.05, 4.69) is 13.2 Å². The maximum atomic E-state index is 13.6. The molecule has 28 heavy (non-hydrogen) atoms. The van der Waals surface area contributed by atoms with E-state index in [1.807, 2.05) is 38.1 Å². The number of carbonyl (C=O) groups is 2. The van der Waals surface area contributed by atoms with Crippen molar-refractivity contribution in [2.75, 3.05) is 0 Å². The lowest BCUT2D eigenvalue weighted by Crippen LogP contribution is -2.57. The molecule has 0 saturated carbocycles. The van der Waals surface area contributed by atoms with Gasteiger partial charge in [-0.05, 0) is 49.0 Å². The summed E-state index contributed by atoms with van der Waals surface area (Å²) in [6, 6.07) is 5.58. The summed E-state index contributed by atoms with van der Waals surface area (Å²) in [6.07, 6.45) is 6.48. The number of aromatic hydroxyl groups is 1. The lowest BCUT2D eigenvalue weighted by atomic mass is 9.45. The van der Waals surface area contributed by atoms with E-state index in [0.717, 1.165) is 11.1 Å². The Labute approximate surface area is 167 Å². The average Bonchev–Trinajstić information content (AvgIpc) is 2.68. The monoisotopic (exact) mass is 376 g/mol. The van der Waals surface area contributed by atoms with Crippen LogP contribution in [0.2, 0.25) is 0 Å². The van der Waals surface area contributed by atoms with Gasteiger partial charge in [-0.1, -0.05) is 56.9 Å². The van der Waals surface area contributed by atoms with Crippen molar-refractivity contribution in [1.82, 2.24) is 0 Å². The van der Waals surface area contributed by atoms with E-state index in [-0.39, 0.29) is 17.3 Å². The van der Waals surface area contributed by atoms with Gasteiger partial charge in [-0.3, -0.25) is 9.59 Å². The molecule has 0 bridgehead atoms. The summed E-state index contributed by atoms with van der Waals surface area (Å²) in [5.41, 5.74) is 1.48. The Kier molecular flexibility index (Phi) is 4.82. The highest BCUT2D eigenvalue weighted by Gasteiger charge is 2.63. The van der Waals surface area contributed by atoms with Crippen molar-refractivity contribution >= 4 is 11.6 Å². The van der Waals surface area contributed by atoms with Crippen LogP contribution in [0.25, 0.3) is 0 Å². The predicted molar refractivity (Wildman–Crippen MR) is 112 cm³/mol. The Bertz CT molecular complexity index is 962. The molecule has 3 atom stereocenters. The van der Waals surface area contributed by atoms with Crippen molar-refractivity contribution < 1.29 is 14.7 Å². The summed E-state index contributed by atoms with van der Waals surface area (Å²) >= 11 is 0. The third kappa shape index (κ3) is 2.42. The molecule has 2 aliphatic rings. The molecule has 0 saturated heterocycles. The molecule has 0 unspecified atom stereocenters. The van der Waals surface area contributed by atoms with Crippen molar-refractivity contribution in [2.24, 2.45) is 10.8 Å². The van der Waals surface area contributed by atoms with Crippen LogP contribution in [-0.4, -0.2) is 16.7 Å². The normalized spacial score (nSPS) is 30.0. The van der Waals surface area contributed by atoms with E-state index in [4.69, 9.17) is 0 Å². The minimum absolute atomic E-state index is 0.0122. The van der Waals surface area contributed by atoms with Crippen LogP contribution in [0.1, 0.15) is 51.2 Å². The van der Waals surface area contributed by atoms with Crippen LogP contribution in [0.4, 0.5) is 0 Å². The standard InChI is InChI=1S/C25H28O3/c1-7-10-18-11-9-12-19(21(18)26)20-17(8-2)13-14-24(5)22(27)15(3)16(4)23(28)25(20,24)6/h7-9,11-13,20,26H,1-2,10,14H2,3-6H3/t20-,24+,25-/m1/s1. The van der Waals surface area contributed by atoms with Gasteiger partial charge in [-0.15, -0.1) is 6.58 Å². The van der Waals surface area contributed by atoms with E-state index in [9.17, 15) is 14.7 Å². The summed E-state index contributed by atoms with van der Waals surface area (Å²) in [5, 5.41) is 11.0. The van der Waals surface area contributed by atoms with Gasteiger partial charge in [0.05, 0.1) is 5.41 Å². The Balaban J connectivity index is 2.35. The Morgan fingerprint density at radius 3 is 2.39 bits per heavy atom. The van der Waals surface area contributed by atoms with Gasteiger partial charge in [0.15, 0.2) is 11.6 Å². The molecule has 3 heteroatoms. The lowest BCUT2D eigenvalue weighted by molar-refractivity contribution is -0.147. The molecular weight excluding hydrogens is 348 g/mol. The number of hydrogen-bond acceptors (Lipinski definition) is 3. The smallest absolute Gasteiger partial charge is 0.166 e. The topological polar surface area (TPSA) is 54.4 Å². The second-order valence-corrected chi connectivity index (χ2v) is 8.34. The quantitative estimate of drug-likeness (QED) is 0.733. The average molecular weight is 376 g/mol. The van der Waals surface area contributed by atoms with E-state index < -0.39 is 16.7 Å². The fourth-order valence-electron chi connectivity index (χ4n) is 5.01. The molecule has 146 valence electrons. The maximum Gasteiger partial charge on any atom is 0.166 e. The highest BCUT2D eigenvalue weighted by atomic mass is 16.3. The van der Waals surface area contributed by atoms with Gasteiger partial charge in [-0.2, -0.15) is 0 Å². The molecule has 0 radical (unpaired) electrons. The molecule has 0 aromatic heterocycles. The molecule has 3 rings (SSSR count). The molecule has 2 aliphatic carbocycles. The van der Waals surface area contributed by atoms with Gasteiger partial charge < -0.3 is 5.11 Å². The van der Waals surface area contributed by atoms with Crippen molar-refractivity contribution in [1.29, 1.82) is 0 Å². The number of rotatable bonds is 4. The van der Waals surface area contributed by atoms with Gasteiger partial charge in [0, 0.05) is 16.9 Å². The molecule has 0 spiro atoms. The number of phenols is 1. The predicted octanol–water partition coefficient (Wildman–Crippen LogP) is 5.22. The van der Waals surface area contributed by atoms with Crippen LogP contribution < -0.4 is 0 Å². The van der Waals surface area contributed by atoms with Crippen LogP contribution in [0.15, 0.2) is 66.3 Å². The molecule has 0 fully saturated rings. The van der Waals surface area contributed by atoms with Crippen LogP contribution in [-0.2, 0) is 16.0 Å². The zero-order chi connectivity index (χ0) is 20.9. The zero-order valence-corrected chi connectivity index (χ0v) is 17.1. The van der Waals surface area contributed by atoms with Crippen LogP contribution in [0.3, 0.4) is 0 Å². The van der Waals surface area contributed by atoms with Crippen molar-refractivity contribution in [3.05, 3.63) is 77.4 Å². The maximum absolute atomic E-state index is 13.6. The first-order valence-electron chi connectivity index (χ1n) is 9.66. The van der Waals surface area contributed by atoms with Gasteiger partial charge in [-0.25, -0.2) is 0 Å². The fraction of sp³-hybridized carbons (Fsp3) is 0.360. The van der Waals surface area contributed by atoms with Crippen LogP contribution >= 0.6 is 0 Å². The van der Waals surface area contributed by atoms with Crippen LogP contribution in [0, 0.1) is 10.8 Å². The summed E-state index contributed by atoms with van der Waals surface area (Å²) in [5.74, 6) is -0.306. The largest absolute Gasteiger partial charge is 0.507 e. The van der Waals surface area contributed by atoms with E-state index in [0.29, 0.717) is 29.6 Å². The van der Waals surface area contributed by atoms with Gasteiger partial charge in [0.1, 0.15) is 5.75 Å². The van der Waals surface area contributed by atoms with Crippen molar-refractivity contribution in [3.8, 4) is 5.75 Å². The van der Waals surface area contributed by atoms with E-state index >= 15 is 0 Å². The van der Waals surface area contributed by atoms with Gasteiger partial charge >= 0.3 is 0 Å². The first kappa shape index (κ1) is 20.1. The number of Topliss-reactive ketones (excluding diaryl/α,β-unsaturated/α-hetero) is 2. The number of carbonyl (C=O) groups excluding carboxylic acids is 2. The number of benzene rings is 1. The van der Waals surface area contributed by atoms with Crippen LogP contribution in [0.5, 0.6) is 5.75 Å². The van der Waals surface area contributed by atoms with Crippen molar-refractivity contribution in [3.63, 3.8) is 0 Å². The SMILES string of the molecule is C=CCc1cccc([C@H]2C(C=C)=CC[C@@]3(C)C(=O)C(C)=C(C)C(=O)[C@@]23C)c1O. The second-order valence-electron chi connectivity index (χ2n) is 8.34. The molecule has 3 nitrogen and oxygen atoms in total. The highest BCUT2D eigenvalue weighted by Crippen LogP contribution is 2.63. The number of fused-ring (bicyclic) bond motifs is 1. The van der Waals surface area contributed by atoms with Gasteiger partial charge in [0.25, 0.3) is 0 Å². The third-order valence-corrected chi connectivity index (χ3v) is 7.08. The number of para-hydroxylation sites is 1. The molecule has 0 aliphatic heterocycles. The number of phenolic OH excluding ortho intramolecular Hbond substituents is 1. The third-order valence-electron chi connectivity index (χ3n) is 7.08. The van der Waals surface area contributed by atoms with Gasteiger partial charge in [0.2, 0.25) is 0 Å². The van der Waals surface area contributed by atoms with E-state index in [1.165, 1.54) is 0 Å². The minimum atomic E-state index is -1.00. The number of hydrogen-bond donors (Lipinski definition) is 1. The second kappa shape index (κ2) is 6.73. The van der Waals surface area contributed by atoms with E-state index in [1.54, 1.807) is 26.0 Å². The first-order valence-corrected chi connectivity index (χ1v) is 9.66. The Morgan fingerprint density at radius 1 is 1.14 bits per heavy atom. The molecule has 1 aromatic rings. The minimum Gasteiger partial charge on any atom is -0.507 e. The highest BCUT2D eigenvalue weighted by molar-refractivity contribution is 6.17. The molecule has 1 N–H and O–H groups in total. The number of allylic oxidation sites excluding steroid dienone is 6. The van der Waals surface area contributed by atoms with Crippen molar-refractivity contribution in [2.45, 2.75) is 46.5 Å². The summed E-state index contributed by atoms with van der Waals surface area (Å²) in [7, 11) is 0. The Morgan fingerprint density at radius 2 is 1.79 bits per heavy atom.